The van der Waals surface area contributed by atoms with Crippen molar-refractivity contribution >= 4 is 0 Å². The van der Waals surface area contributed by atoms with Gasteiger partial charge < -0.3 is 5.32 Å². The number of nitrogens with one attached hydrogen (secondary N) is 1. The second-order valence-electron chi connectivity index (χ2n) is 5.07. The molecule has 0 aromatic heterocycles. The van der Waals surface area contributed by atoms with E-state index >= 15 is 0 Å². The van der Waals surface area contributed by atoms with Crippen LogP contribution in [0.25, 0.3) is 0 Å². The molecule has 1 aromatic rings. The van der Waals surface area contributed by atoms with Crippen LogP contribution in [0.5, 0.6) is 0 Å². The molecular weight excluding hydrogens is 258 g/mol. The molecule has 0 unspecified atom stereocenters. The van der Waals surface area contributed by atoms with E-state index in [0.29, 0.717) is 12.1 Å². The fraction of sp³-hybridized carbons (Fsp3) is 0.571. The summed E-state index contributed by atoms with van der Waals surface area (Å²) in [6.07, 6.45) is 0.240. The Kier molecular flexibility index (Phi) is 4.45. The van der Waals surface area contributed by atoms with Crippen LogP contribution in [-0.4, -0.2) is 6.54 Å². The third-order valence-corrected chi connectivity index (χ3v) is 3.62. The molecule has 0 aliphatic heterocycles. The van der Waals surface area contributed by atoms with Crippen LogP contribution in [0.1, 0.15) is 36.8 Å². The van der Waals surface area contributed by atoms with E-state index < -0.39 is 17.6 Å². The zero-order chi connectivity index (χ0) is 13.9. The van der Waals surface area contributed by atoms with Crippen LogP contribution in [0.2, 0.25) is 0 Å². The quantitative estimate of drug-likeness (QED) is 0.629. The van der Waals surface area contributed by atoms with Crippen LogP contribution in [0.3, 0.4) is 0 Å². The summed E-state index contributed by atoms with van der Waals surface area (Å²) in [6.45, 7) is 1.14. The molecule has 1 saturated carbocycles. The van der Waals surface area contributed by atoms with Gasteiger partial charge in [0, 0.05) is 6.54 Å². The molecule has 1 aliphatic rings. The van der Waals surface area contributed by atoms with Crippen LogP contribution in [-0.2, 0) is 12.7 Å². The summed E-state index contributed by atoms with van der Waals surface area (Å²) in [4.78, 5) is 0. The second kappa shape index (κ2) is 5.90. The molecule has 1 nitrogen and oxygen atoms in total. The van der Waals surface area contributed by atoms with Crippen LogP contribution < -0.4 is 5.32 Å². The van der Waals surface area contributed by atoms with Gasteiger partial charge in [0.2, 0.25) is 0 Å². The highest BCUT2D eigenvalue weighted by atomic mass is 19.4. The van der Waals surface area contributed by atoms with Gasteiger partial charge in [-0.3, -0.25) is 0 Å². The summed E-state index contributed by atoms with van der Waals surface area (Å²) in [5.74, 6) is -0.447. The minimum Gasteiger partial charge on any atom is -0.313 e. The number of hydrogen-bond acceptors (Lipinski definition) is 1. The van der Waals surface area contributed by atoms with E-state index in [2.05, 4.69) is 5.32 Å². The van der Waals surface area contributed by atoms with E-state index in [-0.39, 0.29) is 0 Å². The van der Waals surface area contributed by atoms with Crippen molar-refractivity contribution in [3.63, 3.8) is 0 Å². The minimum absolute atomic E-state index is 0.343. The lowest BCUT2D eigenvalue weighted by Crippen LogP contribution is -2.21. The lowest BCUT2D eigenvalue weighted by molar-refractivity contribution is -0.140. The maximum atomic E-state index is 13.1. The highest BCUT2D eigenvalue weighted by molar-refractivity contribution is 5.27. The molecule has 0 amide bonds. The van der Waals surface area contributed by atoms with Gasteiger partial charge in [0.15, 0.2) is 0 Å². The molecule has 1 aromatic carbocycles. The van der Waals surface area contributed by atoms with Gasteiger partial charge in [-0.25, -0.2) is 4.39 Å². The number of rotatable bonds is 5. The molecule has 1 aliphatic carbocycles. The van der Waals surface area contributed by atoms with Crippen molar-refractivity contribution in [3.05, 3.63) is 35.1 Å². The molecule has 0 atom stereocenters. The highest BCUT2D eigenvalue weighted by Gasteiger charge is 2.34. The first-order valence-corrected chi connectivity index (χ1v) is 6.53. The molecule has 5 heteroatoms. The van der Waals surface area contributed by atoms with Gasteiger partial charge in [-0.05, 0) is 36.6 Å². The van der Waals surface area contributed by atoms with Crippen molar-refractivity contribution in [2.45, 2.75) is 38.4 Å². The van der Waals surface area contributed by atoms with Gasteiger partial charge in [0.25, 0.3) is 0 Å². The second-order valence-corrected chi connectivity index (χ2v) is 5.07. The number of alkyl halides is 3. The normalized spacial score (nSPS) is 16.4. The first-order valence-electron chi connectivity index (χ1n) is 6.53. The summed E-state index contributed by atoms with van der Waals surface area (Å²) in [6, 6.07) is 3.15. The van der Waals surface area contributed by atoms with E-state index in [1.807, 2.05) is 0 Å². The predicted octanol–water partition coefficient (Wildman–Crippen LogP) is 4.12. The topological polar surface area (TPSA) is 12.0 Å². The summed E-state index contributed by atoms with van der Waals surface area (Å²) in [5, 5.41) is 3.11. The van der Waals surface area contributed by atoms with Gasteiger partial charge in [0.1, 0.15) is 5.82 Å². The summed E-state index contributed by atoms with van der Waals surface area (Å²) in [5.41, 5.74) is -0.729. The lowest BCUT2D eigenvalue weighted by atomic mass is 9.83. The molecular formula is C14H17F4N. The molecule has 0 bridgehead atoms. The molecule has 0 radical (unpaired) electrons. The summed E-state index contributed by atoms with van der Waals surface area (Å²) in [7, 11) is 0. The Labute approximate surface area is 110 Å². The SMILES string of the molecule is Fc1ccc(CNCCC2CCC2)cc1C(F)(F)F. The molecule has 106 valence electrons. The third kappa shape index (κ3) is 3.93. The predicted molar refractivity (Wildman–Crippen MR) is 65.1 cm³/mol. The Hall–Kier alpha value is -1.10. The first kappa shape index (κ1) is 14.3. The van der Waals surface area contributed by atoms with Gasteiger partial charge in [-0.15, -0.1) is 0 Å². The molecule has 19 heavy (non-hydrogen) atoms. The molecule has 0 saturated heterocycles. The summed E-state index contributed by atoms with van der Waals surface area (Å²) >= 11 is 0. The molecule has 0 spiro atoms. The van der Waals surface area contributed by atoms with Crippen LogP contribution in [0, 0.1) is 11.7 Å². The maximum absolute atomic E-state index is 13.1. The van der Waals surface area contributed by atoms with Crippen molar-refractivity contribution in [3.8, 4) is 0 Å². The standard InChI is InChI=1S/C14H17F4N/c15-13-5-4-11(8-12(13)14(16,17)18)9-19-7-6-10-2-1-3-10/h4-5,8,10,19H,1-3,6-7,9H2. The van der Waals surface area contributed by atoms with Crippen molar-refractivity contribution in [1.82, 2.24) is 5.32 Å². The van der Waals surface area contributed by atoms with Crippen LogP contribution in [0.15, 0.2) is 18.2 Å². The van der Waals surface area contributed by atoms with E-state index in [1.165, 1.54) is 25.3 Å². The Morgan fingerprint density at radius 3 is 2.53 bits per heavy atom. The van der Waals surface area contributed by atoms with Crippen molar-refractivity contribution in [1.29, 1.82) is 0 Å². The lowest BCUT2D eigenvalue weighted by Gasteiger charge is -2.25. The third-order valence-electron chi connectivity index (χ3n) is 3.62. The Morgan fingerprint density at radius 1 is 1.21 bits per heavy atom. The smallest absolute Gasteiger partial charge is 0.313 e. The van der Waals surface area contributed by atoms with Gasteiger partial charge in [-0.1, -0.05) is 25.3 Å². The van der Waals surface area contributed by atoms with Gasteiger partial charge >= 0.3 is 6.18 Å². The Balaban J connectivity index is 1.86. The first-order chi connectivity index (χ1) is 8.97. The molecule has 1 fully saturated rings. The average molecular weight is 275 g/mol. The zero-order valence-electron chi connectivity index (χ0n) is 10.6. The van der Waals surface area contributed by atoms with E-state index in [1.54, 1.807) is 0 Å². The Morgan fingerprint density at radius 2 is 1.95 bits per heavy atom. The summed E-state index contributed by atoms with van der Waals surface area (Å²) < 4.78 is 50.6. The fourth-order valence-corrected chi connectivity index (χ4v) is 2.22. The zero-order valence-corrected chi connectivity index (χ0v) is 10.6. The highest BCUT2D eigenvalue weighted by Crippen LogP contribution is 2.32. The maximum Gasteiger partial charge on any atom is 0.419 e. The van der Waals surface area contributed by atoms with Gasteiger partial charge in [0.05, 0.1) is 5.56 Å². The number of halogens is 4. The minimum atomic E-state index is -4.63. The van der Waals surface area contributed by atoms with E-state index in [9.17, 15) is 17.6 Å². The molecule has 2 rings (SSSR count). The number of benzene rings is 1. The fourth-order valence-electron chi connectivity index (χ4n) is 2.22. The number of hydrogen-bond donors (Lipinski definition) is 1. The van der Waals surface area contributed by atoms with E-state index in [4.69, 9.17) is 0 Å². The van der Waals surface area contributed by atoms with Gasteiger partial charge in [-0.2, -0.15) is 13.2 Å². The van der Waals surface area contributed by atoms with Crippen molar-refractivity contribution in [2.75, 3.05) is 6.54 Å². The van der Waals surface area contributed by atoms with Crippen LogP contribution >= 0.6 is 0 Å². The molecule has 1 N–H and O–H groups in total. The van der Waals surface area contributed by atoms with Crippen LogP contribution in [0.4, 0.5) is 17.6 Å². The monoisotopic (exact) mass is 275 g/mol. The Bertz CT molecular complexity index is 424. The average Bonchev–Trinajstić information content (AvgIpc) is 2.27. The van der Waals surface area contributed by atoms with Crippen molar-refractivity contribution in [2.24, 2.45) is 5.92 Å². The van der Waals surface area contributed by atoms with E-state index in [0.717, 1.165) is 31.0 Å². The largest absolute Gasteiger partial charge is 0.419 e. The molecule has 0 heterocycles. The van der Waals surface area contributed by atoms with Crippen molar-refractivity contribution < 1.29 is 17.6 Å².